The van der Waals surface area contributed by atoms with Gasteiger partial charge in [0.1, 0.15) is 17.4 Å². The maximum atomic E-state index is 13.4. The van der Waals surface area contributed by atoms with Crippen LogP contribution in [0, 0.1) is 11.6 Å². The molecule has 1 nitrogen and oxygen atoms in total. The highest BCUT2D eigenvalue weighted by molar-refractivity contribution is 7.98. The average Bonchev–Trinajstić information content (AvgIpc) is 2.39. The molecule has 0 spiro atoms. The van der Waals surface area contributed by atoms with Crippen molar-refractivity contribution in [3.63, 3.8) is 0 Å². The van der Waals surface area contributed by atoms with E-state index in [1.807, 2.05) is 24.3 Å². The van der Waals surface area contributed by atoms with Crippen molar-refractivity contribution in [2.24, 2.45) is 0 Å². The second-order valence-corrected chi connectivity index (χ2v) is 4.71. The molecule has 0 saturated heterocycles. The topological polar surface area (TPSA) is 9.23 Å². The zero-order valence-corrected chi connectivity index (χ0v) is 10.6. The van der Waals surface area contributed by atoms with E-state index in [2.05, 4.69) is 0 Å². The molecule has 18 heavy (non-hydrogen) atoms. The predicted octanol–water partition coefficient (Wildman–Crippen LogP) is 4.27. The van der Waals surface area contributed by atoms with Gasteiger partial charge >= 0.3 is 0 Å². The number of methoxy groups -OCH3 is 1. The van der Waals surface area contributed by atoms with Crippen LogP contribution in [0.4, 0.5) is 8.78 Å². The van der Waals surface area contributed by atoms with E-state index >= 15 is 0 Å². The van der Waals surface area contributed by atoms with Crippen LogP contribution in [0.1, 0.15) is 5.56 Å². The van der Waals surface area contributed by atoms with Gasteiger partial charge in [0.05, 0.1) is 7.11 Å². The molecule has 0 amide bonds. The van der Waals surface area contributed by atoms with Crippen molar-refractivity contribution in [3.8, 4) is 5.75 Å². The third kappa shape index (κ3) is 3.01. The van der Waals surface area contributed by atoms with Crippen LogP contribution in [0.25, 0.3) is 0 Å². The largest absolute Gasteiger partial charge is 0.497 e. The minimum Gasteiger partial charge on any atom is -0.497 e. The fourth-order valence-electron chi connectivity index (χ4n) is 1.50. The Morgan fingerprint density at radius 1 is 1.00 bits per heavy atom. The monoisotopic (exact) mass is 266 g/mol. The van der Waals surface area contributed by atoms with Gasteiger partial charge in [0.15, 0.2) is 0 Å². The molecule has 2 aromatic rings. The molecular formula is C14H12F2OS. The molecule has 0 aliphatic heterocycles. The summed E-state index contributed by atoms with van der Waals surface area (Å²) < 4.78 is 31.8. The van der Waals surface area contributed by atoms with Gasteiger partial charge in [-0.1, -0.05) is 6.07 Å². The average molecular weight is 266 g/mol. The highest BCUT2D eigenvalue weighted by Gasteiger charge is 2.08. The van der Waals surface area contributed by atoms with Gasteiger partial charge in [-0.15, -0.1) is 11.8 Å². The molecule has 0 atom stereocenters. The molecule has 0 N–H and O–H groups in total. The van der Waals surface area contributed by atoms with Crippen LogP contribution < -0.4 is 4.74 Å². The lowest BCUT2D eigenvalue weighted by atomic mass is 10.2. The van der Waals surface area contributed by atoms with Crippen molar-refractivity contribution in [1.82, 2.24) is 0 Å². The summed E-state index contributed by atoms with van der Waals surface area (Å²) in [6, 6.07) is 11.3. The molecule has 0 aromatic heterocycles. The molecule has 0 radical (unpaired) electrons. The van der Waals surface area contributed by atoms with Gasteiger partial charge < -0.3 is 4.74 Å². The lowest BCUT2D eigenvalue weighted by Gasteiger charge is -2.05. The zero-order valence-electron chi connectivity index (χ0n) is 9.82. The SMILES string of the molecule is COc1ccc(SCc2c(F)cccc2F)cc1. The Morgan fingerprint density at radius 3 is 2.17 bits per heavy atom. The number of rotatable bonds is 4. The number of ether oxygens (including phenoxy) is 1. The van der Waals surface area contributed by atoms with E-state index < -0.39 is 11.6 Å². The van der Waals surface area contributed by atoms with E-state index in [0.29, 0.717) is 0 Å². The number of benzene rings is 2. The van der Waals surface area contributed by atoms with Gasteiger partial charge in [-0.25, -0.2) is 8.78 Å². The Labute approximate surface area is 109 Å². The van der Waals surface area contributed by atoms with Gasteiger partial charge in [0.25, 0.3) is 0 Å². The molecule has 2 aromatic carbocycles. The maximum Gasteiger partial charge on any atom is 0.130 e. The standard InChI is InChI=1S/C14H12F2OS/c1-17-10-5-7-11(8-6-10)18-9-12-13(15)3-2-4-14(12)16/h2-8H,9H2,1H3. The molecular weight excluding hydrogens is 254 g/mol. The predicted molar refractivity (Wildman–Crippen MR) is 68.9 cm³/mol. The molecule has 2 rings (SSSR count). The first kappa shape index (κ1) is 12.9. The lowest BCUT2D eigenvalue weighted by molar-refractivity contribution is 0.414. The van der Waals surface area contributed by atoms with E-state index in [1.54, 1.807) is 7.11 Å². The summed E-state index contributed by atoms with van der Waals surface area (Å²) in [7, 11) is 1.59. The van der Waals surface area contributed by atoms with E-state index in [-0.39, 0.29) is 11.3 Å². The van der Waals surface area contributed by atoms with Crippen LogP contribution in [0.15, 0.2) is 47.4 Å². The molecule has 0 unspecified atom stereocenters. The van der Waals surface area contributed by atoms with Crippen LogP contribution in [-0.4, -0.2) is 7.11 Å². The number of halogens is 2. The first-order valence-electron chi connectivity index (χ1n) is 5.40. The Morgan fingerprint density at radius 2 is 1.61 bits per heavy atom. The molecule has 94 valence electrons. The minimum absolute atomic E-state index is 0.110. The van der Waals surface area contributed by atoms with Gasteiger partial charge in [-0.2, -0.15) is 0 Å². The van der Waals surface area contributed by atoms with Crippen molar-refractivity contribution in [2.45, 2.75) is 10.6 Å². The highest BCUT2D eigenvalue weighted by Crippen LogP contribution is 2.26. The molecule has 0 aliphatic carbocycles. The van der Waals surface area contributed by atoms with Crippen LogP contribution in [-0.2, 0) is 5.75 Å². The highest BCUT2D eigenvalue weighted by atomic mass is 32.2. The van der Waals surface area contributed by atoms with Gasteiger partial charge in [0.2, 0.25) is 0 Å². The van der Waals surface area contributed by atoms with Crippen LogP contribution in [0.3, 0.4) is 0 Å². The van der Waals surface area contributed by atoms with Gasteiger partial charge in [-0.3, -0.25) is 0 Å². The van der Waals surface area contributed by atoms with Crippen molar-refractivity contribution >= 4 is 11.8 Å². The molecule has 0 aliphatic rings. The maximum absolute atomic E-state index is 13.4. The van der Waals surface area contributed by atoms with E-state index in [4.69, 9.17) is 4.74 Å². The first-order valence-corrected chi connectivity index (χ1v) is 6.39. The number of thioether (sulfide) groups is 1. The third-order valence-corrected chi connectivity index (χ3v) is 3.54. The third-order valence-electron chi connectivity index (χ3n) is 2.50. The molecule has 0 bridgehead atoms. The van der Waals surface area contributed by atoms with Crippen molar-refractivity contribution in [1.29, 1.82) is 0 Å². The van der Waals surface area contributed by atoms with Crippen LogP contribution in [0.2, 0.25) is 0 Å². The summed E-state index contributed by atoms with van der Waals surface area (Å²) in [4.78, 5) is 0.943. The minimum atomic E-state index is -0.504. The number of hydrogen-bond donors (Lipinski definition) is 0. The van der Waals surface area contributed by atoms with Crippen molar-refractivity contribution < 1.29 is 13.5 Å². The van der Waals surface area contributed by atoms with Crippen LogP contribution >= 0.6 is 11.8 Å². The molecule has 0 saturated carbocycles. The Hall–Kier alpha value is -1.55. The lowest BCUT2D eigenvalue weighted by Crippen LogP contribution is -1.92. The smallest absolute Gasteiger partial charge is 0.130 e. The Balaban J connectivity index is 2.06. The Kier molecular flexibility index (Phi) is 4.20. The summed E-state index contributed by atoms with van der Waals surface area (Å²) in [6.07, 6.45) is 0. The normalized spacial score (nSPS) is 10.4. The van der Waals surface area contributed by atoms with E-state index in [0.717, 1.165) is 10.6 Å². The summed E-state index contributed by atoms with van der Waals surface area (Å²) >= 11 is 1.39. The second-order valence-electron chi connectivity index (χ2n) is 3.66. The summed E-state index contributed by atoms with van der Waals surface area (Å²) in [5, 5.41) is 0. The van der Waals surface area contributed by atoms with Crippen molar-refractivity contribution in [2.75, 3.05) is 7.11 Å². The second kappa shape index (κ2) is 5.87. The van der Waals surface area contributed by atoms with Gasteiger partial charge in [0, 0.05) is 16.2 Å². The van der Waals surface area contributed by atoms with Crippen molar-refractivity contribution in [3.05, 3.63) is 59.7 Å². The zero-order chi connectivity index (χ0) is 13.0. The molecule has 0 fully saturated rings. The molecule has 4 heteroatoms. The Bertz CT molecular complexity index is 506. The van der Waals surface area contributed by atoms with Gasteiger partial charge in [-0.05, 0) is 36.4 Å². The quantitative estimate of drug-likeness (QED) is 0.764. The van der Waals surface area contributed by atoms with E-state index in [1.165, 1.54) is 30.0 Å². The van der Waals surface area contributed by atoms with Crippen LogP contribution in [0.5, 0.6) is 5.75 Å². The summed E-state index contributed by atoms with van der Waals surface area (Å²) in [5.41, 5.74) is 0.110. The summed E-state index contributed by atoms with van der Waals surface area (Å²) in [6.45, 7) is 0. The summed E-state index contributed by atoms with van der Waals surface area (Å²) in [5.74, 6) is 0.0219. The molecule has 0 heterocycles. The van der Waals surface area contributed by atoms with E-state index in [9.17, 15) is 8.78 Å². The fourth-order valence-corrected chi connectivity index (χ4v) is 2.41. The first-order chi connectivity index (χ1) is 8.70. The fraction of sp³-hybridized carbons (Fsp3) is 0.143. The number of hydrogen-bond acceptors (Lipinski definition) is 2.